The van der Waals surface area contributed by atoms with Crippen LogP contribution >= 0.6 is 0 Å². The van der Waals surface area contributed by atoms with Crippen molar-refractivity contribution >= 4 is 11.9 Å². The van der Waals surface area contributed by atoms with Gasteiger partial charge in [0.1, 0.15) is 0 Å². The molecule has 1 aliphatic rings. The Kier molecular flexibility index (Phi) is 3.88. The van der Waals surface area contributed by atoms with Crippen LogP contribution in [0.1, 0.15) is 40.7 Å². The molecule has 1 amide bonds. The molecule has 2 rings (SSSR count). The van der Waals surface area contributed by atoms with Gasteiger partial charge in [-0.25, -0.2) is 0 Å². The summed E-state index contributed by atoms with van der Waals surface area (Å²) in [6.45, 7) is 3.86. The SMILES string of the molecule is Cc1ccc(C)c(C(=O)N[C@@H]2CC[C@H](C(=O)O)C2)c1. The average Bonchev–Trinajstić information content (AvgIpc) is 2.80. The van der Waals surface area contributed by atoms with Crippen molar-refractivity contribution in [2.45, 2.75) is 39.2 Å². The molecule has 1 saturated carbocycles. The van der Waals surface area contributed by atoms with Gasteiger partial charge in [0.15, 0.2) is 0 Å². The first-order valence-electron chi connectivity index (χ1n) is 6.58. The number of hydrogen-bond acceptors (Lipinski definition) is 2. The third kappa shape index (κ3) is 3.13. The second kappa shape index (κ2) is 5.43. The molecule has 2 N–H and O–H groups in total. The van der Waals surface area contributed by atoms with E-state index in [0.717, 1.165) is 17.5 Å². The molecule has 4 heteroatoms. The van der Waals surface area contributed by atoms with Crippen LogP contribution in [0.5, 0.6) is 0 Å². The van der Waals surface area contributed by atoms with E-state index >= 15 is 0 Å². The molecular weight excluding hydrogens is 242 g/mol. The van der Waals surface area contributed by atoms with E-state index in [4.69, 9.17) is 5.11 Å². The molecule has 1 aromatic carbocycles. The monoisotopic (exact) mass is 261 g/mol. The number of benzene rings is 1. The maximum absolute atomic E-state index is 12.2. The van der Waals surface area contributed by atoms with E-state index in [2.05, 4.69) is 5.32 Å². The molecular formula is C15H19NO3. The fraction of sp³-hybridized carbons (Fsp3) is 0.467. The maximum atomic E-state index is 12.2. The van der Waals surface area contributed by atoms with E-state index in [1.54, 1.807) is 0 Å². The fourth-order valence-electron chi connectivity index (χ4n) is 2.58. The largest absolute Gasteiger partial charge is 0.481 e. The van der Waals surface area contributed by atoms with Gasteiger partial charge in [-0.15, -0.1) is 0 Å². The van der Waals surface area contributed by atoms with Crippen molar-refractivity contribution in [2.24, 2.45) is 5.92 Å². The van der Waals surface area contributed by atoms with Gasteiger partial charge in [0.2, 0.25) is 0 Å². The Balaban J connectivity index is 2.02. The standard InChI is InChI=1S/C15H19NO3/c1-9-3-4-10(2)13(7-9)14(17)16-12-6-5-11(8-12)15(18)19/h3-4,7,11-12H,5-6,8H2,1-2H3,(H,16,17)(H,18,19)/t11-,12+/m0/s1. The van der Waals surface area contributed by atoms with Gasteiger partial charge in [-0.3, -0.25) is 9.59 Å². The van der Waals surface area contributed by atoms with Crippen molar-refractivity contribution in [2.75, 3.05) is 0 Å². The van der Waals surface area contributed by atoms with Gasteiger partial charge in [0.05, 0.1) is 5.92 Å². The lowest BCUT2D eigenvalue weighted by Crippen LogP contribution is -2.33. The van der Waals surface area contributed by atoms with Gasteiger partial charge < -0.3 is 10.4 Å². The minimum atomic E-state index is -0.761. The third-order valence-electron chi connectivity index (χ3n) is 3.75. The number of aryl methyl sites for hydroxylation is 2. The van der Waals surface area contributed by atoms with Crippen molar-refractivity contribution in [3.63, 3.8) is 0 Å². The summed E-state index contributed by atoms with van der Waals surface area (Å²) in [6, 6.07) is 5.75. The fourth-order valence-corrected chi connectivity index (χ4v) is 2.58. The van der Waals surface area contributed by atoms with Crippen LogP contribution in [0.3, 0.4) is 0 Å². The van der Waals surface area contributed by atoms with Crippen LogP contribution in [0.15, 0.2) is 18.2 Å². The quantitative estimate of drug-likeness (QED) is 0.877. The first-order valence-corrected chi connectivity index (χ1v) is 6.58. The maximum Gasteiger partial charge on any atom is 0.306 e. The summed E-state index contributed by atoms with van der Waals surface area (Å²) in [5.74, 6) is -1.18. The normalized spacial score (nSPS) is 22.2. The van der Waals surface area contributed by atoms with E-state index in [-0.39, 0.29) is 17.9 Å². The summed E-state index contributed by atoms with van der Waals surface area (Å²) in [6.07, 6.45) is 1.92. The van der Waals surface area contributed by atoms with Crippen molar-refractivity contribution in [1.29, 1.82) is 0 Å². The summed E-state index contributed by atoms with van der Waals surface area (Å²) in [5.41, 5.74) is 2.67. The van der Waals surface area contributed by atoms with Gasteiger partial charge >= 0.3 is 5.97 Å². The van der Waals surface area contributed by atoms with E-state index in [0.29, 0.717) is 18.4 Å². The molecule has 102 valence electrons. The highest BCUT2D eigenvalue weighted by Crippen LogP contribution is 2.26. The second-order valence-electron chi connectivity index (χ2n) is 5.34. The number of aliphatic carboxylic acids is 1. The van der Waals surface area contributed by atoms with Crippen LogP contribution in [0, 0.1) is 19.8 Å². The number of carboxylic acids is 1. The third-order valence-corrected chi connectivity index (χ3v) is 3.75. The lowest BCUT2D eigenvalue weighted by Gasteiger charge is -2.14. The van der Waals surface area contributed by atoms with Crippen LogP contribution in [0.4, 0.5) is 0 Å². The highest BCUT2D eigenvalue weighted by atomic mass is 16.4. The minimum absolute atomic E-state index is 0.0199. The van der Waals surface area contributed by atoms with Gasteiger partial charge in [-0.05, 0) is 44.7 Å². The highest BCUT2D eigenvalue weighted by Gasteiger charge is 2.30. The predicted molar refractivity (Wildman–Crippen MR) is 72.1 cm³/mol. The molecule has 1 aromatic rings. The molecule has 0 aliphatic heterocycles. The molecule has 4 nitrogen and oxygen atoms in total. The number of carbonyl (C=O) groups excluding carboxylic acids is 1. The summed E-state index contributed by atoms with van der Waals surface area (Å²) in [7, 11) is 0. The molecule has 1 aliphatic carbocycles. The number of amides is 1. The van der Waals surface area contributed by atoms with E-state index in [9.17, 15) is 9.59 Å². The molecule has 0 radical (unpaired) electrons. The zero-order chi connectivity index (χ0) is 14.0. The summed E-state index contributed by atoms with van der Waals surface area (Å²) in [5, 5.41) is 11.9. The van der Waals surface area contributed by atoms with Crippen LogP contribution in [0.2, 0.25) is 0 Å². The van der Waals surface area contributed by atoms with Crippen LogP contribution in [0.25, 0.3) is 0 Å². The summed E-state index contributed by atoms with van der Waals surface area (Å²) < 4.78 is 0. The van der Waals surface area contributed by atoms with E-state index in [1.807, 2.05) is 32.0 Å². The van der Waals surface area contributed by atoms with Gasteiger partial charge in [-0.1, -0.05) is 17.7 Å². The van der Waals surface area contributed by atoms with Gasteiger partial charge in [-0.2, -0.15) is 0 Å². The molecule has 1 fully saturated rings. The number of carboxylic acid groups (broad SMARTS) is 1. The van der Waals surface area contributed by atoms with Crippen molar-refractivity contribution < 1.29 is 14.7 Å². The van der Waals surface area contributed by atoms with E-state index in [1.165, 1.54) is 0 Å². The summed E-state index contributed by atoms with van der Waals surface area (Å²) in [4.78, 5) is 23.1. The summed E-state index contributed by atoms with van der Waals surface area (Å²) >= 11 is 0. The predicted octanol–water partition coefficient (Wildman–Crippen LogP) is 2.29. The zero-order valence-electron chi connectivity index (χ0n) is 11.3. The first-order chi connectivity index (χ1) is 8.97. The number of carbonyl (C=O) groups is 2. The Hall–Kier alpha value is -1.84. The first kappa shape index (κ1) is 13.6. The smallest absolute Gasteiger partial charge is 0.306 e. The molecule has 0 spiro atoms. The molecule has 0 saturated heterocycles. The Morgan fingerprint density at radius 1 is 1.26 bits per heavy atom. The number of nitrogens with one attached hydrogen (secondary N) is 1. The highest BCUT2D eigenvalue weighted by molar-refractivity contribution is 5.96. The molecule has 0 unspecified atom stereocenters. The molecule has 2 atom stereocenters. The molecule has 0 heterocycles. The zero-order valence-corrected chi connectivity index (χ0v) is 11.3. The Bertz CT molecular complexity index is 510. The van der Waals surface area contributed by atoms with E-state index < -0.39 is 5.97 Å². The number of hydrogen-bond donors (Lipinski definition) is 2. The lowest BCUT2D eigenvalue weighted by molar-refractivity contribution is -0.141. The second-order valence-corrected chi connectivity index (χ2v) is 5.34. The van der Waals surface area contributed by atoms with Gasteiger partial charge in [0, 0.05) is 11.6 Å². The Labute approximate surface area is 112 Å². The topological polar surface area (TPSA) is 66.4 Å². The molecule has 0 bridgehead atoms. The lowest BCUT2D eigenvalue weighted by atomic mass is 10.0. The van der Waals surface area contributed by atoms with Crippen molar-refractivity contribution in [3.05, 3.63) is 34.9 Å². The van der Waals surface area contributed by atoms with Crippen molar-refractivity contribution in [3.8, 4) is 0 Å². The van der Waals surface area contributed by atoms with Gasteiger partial charge in [0.25, 0.3) is 5.91 Å². The van der Waals surface area contributed by atoms with Crippen LogP contribution in [-0.2, 0) is 4.79 Å². The minimum Gasteiger partial charge on any atom is -0.481 e. The molecule has 19 heavy (non-hydrogen) atoms. The average molecular weight is 261 g/mol. The Morgan fingerprint density at radius 3 is 2.63 bits per heavy atom. The molecule has 0 aromatic heterocycles. The van der Waals surface area contributed by atoms with Crippen LogP contribution < -0.4 is 5.32 Å². The van der Waals surface area contributed by atoms with Crippen molar-refractivity contribution in [1.82, 2.24) is 5.32 Å². The number of rotatable bonds is 3. The van der Waals surface area contributed by atoms with Crippen LogP contribution in [-0.4, -0.2) is 23.0 Å². The Morgan fingerprint density at radius 2 is 2.00 bits per heavy atom.